The number of rotatable bonds is 2. The molecule has 1 nitrogen and oxygen atoms in total. The van der Waals surface area contributed by atoms with Gasteiger partial charge < -0.3 is 5.11 Å². The first-order valence-electron chi connectivity index (χ1n) is 4.68. The predicted octanol–water partition coefficient (Wildman–Crippen LogP) is 3.62. The number of phenols is 1. The molecule has 1 N–H and O–H groups in total. The van der Waals surface area contributed by atoms with Crippen LogP contribution in [0.3, 0.4) is 0 Å². The van der Waals surface area contributed by atoms with Gasteiger partial charge in [0.25, 0.3) is 0 Å². The van der Waals surface area contributed by atoms with Crippen LogP contribution in [0.2, 0.25) is 0 Å². The van der Waals surface area contributed by atoms with Gasteiger partial charge in [-0.1, -0.05) is 19.9 Å². The molecular formula is C11H13F3O. The third-order valence-corrected chi connectivity index (χ3v) is 2.14. The lowest BCUT2D eigenvalue weighted by atomic mass is 9.95. The molecule has 4 heteroatoms. The summed E-state index contributed by atoms with van der Waals surface area (Å²) in [7, 11) is 0. The smallest absolute Gasteiger partial charge is 0.393 e. The van der Waals surface area contributed by atoms with E-state index in [0.29, 0.717) is 5.56 Å². The van der Waals surface area contributed by atoms with Crippen molar-refractivity contribution in [2.24, 2.45) is 0 Å². The highest BCUT2D eigenvalue weighted by Crippen LogP contribution is 2.29. The van der Waals surface area contributed by atoms with Gasteiger partial charge in [-0.25, -0.2) is 0 Å². The molecule has 15 heavy (non-hydrogen) atoms. The lowest BCUT2D eigenvalue weighted by Gasteiger charge is -2.14. The van der Waals surface area contributed by atoms with E-state index in [-0.39, 0.29) is 17.2 Å². The molecule has 0 unspecified atom stereocenters. The number of phenolic OH excluding ortho intramolecular Hbond substituents is 1. The number of alkyl halides is 3. The van der Waals surface area contributed by atoms with Crippen LogP contribution in [0, 0.1) is 0 Å². The number of aromatic hydroxyl groups is 1. The van der Waals surface area contributed by atoms with Crippen LogP contribution in [0.1, 0.15) is 30.9 Å². The minimum Gasteiger partial charge on any atom is -0.508 e. The lowest BCUT2D eigenvalue weighted by Crippen LogP contribution is -2.13. The monoisotopic (exact) mass is 218 g/mol. The van der Waals surface area contributed by atoms with E-state index in [2.05, 4.69) is 0 Å². The van der Waals surface area contributed by atoms with Crippen LogP contribution in [0.25, 0.3) is 0 Å². The zero-order valence-electron chi connectivity index (χ0n) is 8.60. The molecule has 84 valence electrons. The second kappa shape index (κ2) is 4.13. The Morgan fingerprint density at radius 2 is 1.87 bits per heavy atom. The van der Waals surface area contributed by atoms with Crippen LogP contribution in [-0.2, 0) is 6.42 Å². The van der Waals surface area contributed by atoms with Crippen LogP contribution >= 0.6 is 0 Å². The predicted molar refractivity (Wildman–Crippen MR) is 52.0 cm³/mol. The molecule has 0 spiro atoms. The first-order chi connectivity index (χ1) is 6.79. The van der Waals surface area contributed by atoms with Gasteiger partial charge in [0.05, 0.1) is 6.42 Å². The summed E-state index contributed by atoms with van der Waals surface area (Å²) >= 11 is 0. The fourth-order valence-corrected chi connectivity index (χ4v) is 1.50. The Balaban J connectivity index is 3.06. The molecule has 0 radical (unpaired) electrons. The van der Waals surface area contributed by atoms with Crippen molar-refractivity contribution in [3.8, 4) is 5.75 Å². The third kappa shape index (κ3) is 3.46. The van der Waals surface area contributed by atoms with Crippen molar-refractivity contribution in [3.05, 3.63) is 29.3 Å². The van der Waals surface area contributed by atoms with E-state index in [1.807, 2.05) is 0 Å². The Morgan fingerprint density at radius 3 is 2.33 bits per heavy atom. The Kier molecular flexibility index (Phi) is 3.27. The zero-order chi connectivity index (χ0) is 11.6. The molecular weight excluding hydrogens is 205 g/mol. The highest BCUT2D eigenvalue weighted by Gasteiger charge is 2.29. The quantitative estimate of drug-likeness (QED) is 0.803. The van der Waals surface area contributed by atoms with Gasteiger partial charge in [-0.3, -0.25) is 0 Å². The molecule has 1 rings (SSSR count). The molecule has 0 fully saturated rings. The fourth-order valence-electron chi connectivity index (χ4n) is 1.50. The molecule has 0 atom stereocenters. The normalized spacial score (nSPS) is 12.1. The SMILES string of the molecule is CC(C)c1cc(O)ccc1CC(F)(F)F. The Bertz CT molecular complexity index is 342. The van der Waals surface area contributed by atoms with Gasteiger partial charge in [0.2, 0.25) is 0 Å². The maximum absolute atomic E-state index is 12.2. The van der Waals surface area contributed by atoms with Crippen LogP contribution in [0.5, 0.6) is 5.75 Å². The van der Waals surface area contributed by atoms with Gasteiger partial charge in [-0.05, 0) is 29.2 Å². The van der Waals surface area contributed by atoms with Gasteiger partial charge in [0, 0.05) is 0 Å². The lowest BCUT2D eigenvalue weighted by molar-refractivity contribution is -0.127. The average Bonchev–Trinajstić information content (AvgIpc) is 2.05. The zero-order valence-corrected chi connectivity index (χ0v) is 8.60. The van der Waals surface area contributed by atoms with Gasteiger partial charge in [-0.15, -0.1) is 0 Å². The first kappa shape index (κ1) is 11.9. The molecule has 0 bridgehead atoms. The van der Waals surface area contributed by atoms with E-state index in [1.54, 1.807) is 13.8 Å². The van der Waals surface area contributed by atoms with Crippen LogP contribution in [0.15, 0.2) is 18.2 Å². The summed E-state index contributed by atoms with van der Waals surface area (Å²) in [4.78, 5) is 0. The summed E-state index contributed by atoms with van der Waals surface area (Å²) in [5, 5.41) is 9.20. The summed E-state index contributed by atoms with van der Waals surface area (Å²) in [6.45, 7) is 3.60. The van der Waals surface area contributed by atoms with Crippen molar-refractivity contribution in [1.29, 1.82) is 0 Å². The molecule has 0 aromatic heterocycles. The first-order valence-corrected chi connectivity index (χ1v) is 4.68. The summed E-state index contributed by atoms with van der Waals surface area (Å²) in [5.74, 6) is -0.0286. The summed E-state index contributed by atoms with van der Waals surface area (Å²) in [6, 6.07) is 4.01. The second-order valence-corrected chi connectivity index (χ2v) is 3.83. The van der Waals surface area contributed by atoms with Crippen LogP contribution in [0.4, 0.5) is 13.2 Å². The van der Waals surface area contributed by atoms with E-state index in [4.69, 9.17) is 0 Å². The highest BCUT2D eigenvalue weighted by molar-refractivity contribution is 5.37. The fraction of sp³-hybridized carbons (Fsp3) is 0.455. The number of benzene rings is 1. The Labute approximate surface area is 86.5 Å². The minimum absolute atomic E-state index is 0.00428. The van der Waals surface area contributed by atoms with Crippen LogP contribution in [-0.4, -0.2) is 11.3 Å². The van der Waals surface area contributed by atoms with Gasteiger partial charge >= 0.3 is 6.18 Å². The Hall–Kier alpha value is -1.19. The van der Waals surface area contributed by atoms with Gasteiger partial charge in [-0.2, -0.15) is 13.2 Å². The highest BCUT2D eigenvalue weighted by atomic mass is 19.4. The van der Waals surface area contributed by atoms with Crippen molar-refractivity contribution in [2.45, 2.75) is 32.4 Å². The summed E-state index contributed by atoms with van der Waals surface area (Å²) in [6.07, 6.45) is -5.15. The molecule has 0 saturated carbocycles. The largest absolute Gasteiger partial charge is 0.508 e. The topological polar surface area (TPSA) is 20.2 Å². The van der Waals surface area contributed by atoms with Gasteiger partial charge in [0.15, 0.2) is 0 Å². The van der Waals surface area contributed by atoms with Crippen molar-refractivity contribution < 1.29 is 18.3 Å². The third-order valence-electron chi connectivity index (χ3n) is 2.14. The van der Waals surface area contributed by atoms with E-state index in [9.17, 15) is 18.3 Å². The summed E-state index contributed by atoms with van der Waals surface area (Å²) < 4.78 is 36.7. The molecule has 0 heterocycles. The standard InChI is InChI=1S/C11H13F3O/c1-7(2)10-5-9(15)4-3-8(10)6-11(12,13)14/h3-5,7,15H,6H2,1-2H3. The molecule has 1 aromatic carbocycles. The molecule has 0 amide bonds. The van der Waals surface area contributed by atoms with Crippen molar-refractivity contribution in [3.63, 3.8) is 0 Å². The molecule has 0 saturated heterocycles. The van der Waals surface area contributed by atoms with Crippen LogP contribution < -0.4 is 0 Å². The van der Waals surface area contributed by atoms with Gasteiger partial charge in [0.1, 0.15) is 5.75 Å². The molecule has 0 aliphatic heterocycles. The van der Waals surface area contributed by atoms with Crippen molar-refractivity contribution in [1.82, 2.24) is 0 Å². The number of hydrogen-bond donors (Lipinski definition) is 1. The van der Waals surface area contributed by atoms with E-state index < -0.39 is 12.6 Å². The molecule has 0 aliphatic carbocycles. The van der Waals surface area contributed by atoms with E-state index >= 15 is 0 Å². The number of hydrogen-bond acceptors (Lipinski definition) is 1. The Morgan fingerprint density at radius 1 is 1.27 bits per heavy atom. The van der Waals surface area contributed by atoms with E-state index in [1.165, 1.54) is 18.2 Å². The van der Waals surface area contributed by atoms with Crippen molar-refractivity contribution >= 4 is 0 Å². The molecule has 1 aromatic rings. The summed E-state index contributed by atoms with van der Waals surface area (Å²) in [5.41, 5.74) is 0.780. The van der Waals surface area contributed by atoms with Crippen molar-refractivity contribution in [2.75, 3.05) is 0 Å². The molecule has 0 aliphatic rings. The number of halogens is 3. The van der Waals surface area contributed by atoms with E-state index in [0.717, 1.165) is 0 Å². The minimum atomic E-state index is -4.21. The second-order valence-electron chi connectivity index (χ2n) is 3.83. The maximum atomic E-state index is 12.2. The average molecular weight is 218 g/mol. The maximum Gasteiger partial charge on any atom is 0.393 e.